The van der Waals surface area contributed by atoms with Crippen LogP contribution in [-0.2, 0) is 24.0 Å². The molecule has 0 aromatic heterocycles. The lowest BCUT2D eigenvalue weighted by Gasteiger charge is -2.25. The summed E-state index contributed by atoms with van der Waals surface area (Å²) in [7, 11) is 0. The van der Waals surface area contributed by atoms with Gasteiger partial charge in [-0.2, -0.15) is 12.6 Å². The predicted octanol–water partition coefficient (Wildman–Crippen LogP) is -2.70. The highest BCUT2D eigenvalue weighted by atomic mass is 32.1. The molecule has 0 saturated carbocycles. The van der Waals surface area contributed by atoms with E-state index in [4.69, 9.17) is 21.1 Å². The molecule has 0 aliphatic heterocycles. The molecular formula is C16H28N4O8S. The Morgan fingerprint density at radius 3 is 1.79 bits per heavy atom. The minimum atomic E-state index is -1.57. The molecule has 13 heteroatoms. The molecule has 0 aromatic rings. The number of carboxylic acids is 2. The molecule has 0 saturated heterocycles. The van der Waals surface area contributed by atoms with Gasteiger partial charge in [0.15, 0.2) is 0 Å². The van der Waals surface area contributed by atoms with Crippen molar-refractivity contribution in [2.45, 2.75) is 50.9 Å². The van der Waals surface area contributed by atoms with Crippen LogP contribution in [0.25, 0.3) is 0 Å². The van der Waals surface area contributed by atoms with Gasteiger partial charge >= 0.3 is 11.9 Å². The number of carbonyl (C=O) groups is 5. The summed E-state index contributed by atoms with van der Waals surface area (Å²) in [5.74, 6) is -5.60. The first-order chi connectivity index (χ1) is 13.4. The van der Waals surface area contributed by atoms with Gasteiger partial charge in [-0.25, -0.2) is 4.79 Å². The molecular weight excluding hydrogens is 408 g/mol. The highest BCUT2D eigenvalue weighted by Gasteiger charge is 2.31. The van der Waals surface area contributed by atoms with E-state index >= 15 is 0 Å². The normalized spacial score (nSPS) is 15.0. The average molecular weight is 436 g/mol. The Morgan fingerprint density at radius 2 is 1.38 bits per heavy atom. The molecule has 0 fully saturated rings. The van der Waals surface area contributed by atoms with E-state index in [0.717, 1.165) is 0 Å². The molecule has 8 N–H and O–H groups in total. The number of carbonyl (C=O) groups excluding carboxylic acids is 3. The molecule has 4 unspecified atom stereocenters. The fourth-order valence-corrected chi connectivity index (χ4v) is 2.34. The minimum absolute atomic E-state index is 0.0383. The van der Waals surface area contributed by atoms with Gasteiger partial charge in [-0.15, -0.1) is 0 Å². The van der Waals surface area contributed by atoms with Crippen LogP contribution < -0.4 is 21.7 Å². The van der Waals surface area contributed by atoms with Crippen LogP contribution in [-0.4, -0.2) is 81.5 Å². The molecule has 0 aliphatic carbocycles. The first-order valence-electron chi connectivity index (χ1n) is 8.75. The molecule has 12 nitrogen and oxygen atoms in total. The number of aliphatic carboxylic acids is 2. The van der Waals surface area contributed by atoms with E-state index in [9.17, 15) is 24.0 Å². The van der Waals surface area contributed by atoms with Crippen molar-refractivity contribution in [2.75, 3.05) is 12.4 Å². The van der Waals surface area contributed by atoms with Gasteiger partial charge in [-0.3, -0.25) is 19.2 Å². The van der Waals surface area contributed by atoms with Crippen LogP contribution >= 0.6 is 12.6 Å². The van der Waals surface area contributed by atoms with Crippen LogP contribution in [0.4, 0.5) is 0 Å². The van der Waals surface area contributed by atoms with E-state index in [2.05, 4.69) is 28.6 Å². The summed E-state index contributed by atoms with van der Waals surface area (Å²) in [6, 6.07) is -5.38. The second-order valence-electron chi connectivity index (χ2n) is 6.72. The van der Waals surface area contributed by atoms with E-state index in [1.807, 2.05) is 0 Å². The van der Waals surface area contributed by atoms with E-state index in [0.29, 0.717) is 0 Å². The van der Waals surface area contributed by atoms with Crippen LogP contribution in [0.3, 0.4) is 0 Å². The van der Waals surface area contributed by atoms with Gasteiger partial charge in [0.25, 0.3) is 0 Å². The monoisotopic (exact) mass is 436 g/mol. The highest BCUT2D eigenvalue weighted by Crippen LogP contribution is 2.07. The predicted molar refractivity (Wildman–Crippen MR) is 104 cm³/mol. The summed E-state index contributed by atoms with van der Waals surface area (Å²) in [6.45, 7) is 2.63. The third-order valence-corrected chi connectivity index (χ3v) is 4.08. The van der Waals surface area contributed by atoms with Crippen LogP contribution in [0.1, 0.15) is 26.7 Å². The van der Waals surface area contributed by atoms with Crippen LogP contribution in [0, 0.1) is 5.92 Å². The Kier molecular flexibility index (Phi) is 11.9. The molecule has 0 rings (SSSR count). The topological polar surface area (TPSA) is 208 Å². The van der Waals surface area contributed by atoms with Crippen molar-refractivity contribution in [3.8, 4) is 0 Å². The Morgan fingerprint density at radius 1 is 0.897 bits per heavy atom. The zero-order valence-electron chi connectivity index (χ0n) is 16.1. The molecule has 0 aromatic carbocycles. The maximum atomic E-state index is 12.5. The quantitative estimate of drug-likeness (QED) is 0.141. The van der Waals surface area contributed by atoms with E-state index in [1.165, 1.54) is 0 Å². The maximum absolute atomic E-state index is 12.5. The van der Waals surface area contributed by atoms with Crippen molar-refractivity contribution in [1.29, 1.82) is 0 Å². The molecule has 0 heterocycles. The summed E-state index contributed by atoms with van der Waals surface area (Å²) in [6.07, 6.45) is -0.666. The molecule has 0 radical (unpaired) electrons. The Hall–Kier alpha value is -2.38. The first-order valence-corrected chi connectivity index (χ1v) is 9.39. The fourth-order valence-electron chi connectivity index (χ4n) is 2.18. The van der Waals surface area contributed by atoms with Crippen molar-refractivity contribution in [1.82, 2.24) is 16.0 Å². The number of aliphatic hydroxyl groups is 1. The first kappa shape index (κ1) is 26.6. The van der Waals surface area contributed by atoms with E-state index < -0.39 is 66.9 Å². The van der Waals surface area contributed by atoms with Crippen molar-refractivity contribution in [3.63, 3.8) is 0 Å². The second kappa shape index (κ2) is 13.0. The minimum Gasteiger partial charge on any atom is -0.481 e. The standard InChI is InChI=1S/C16H28N4O8S/c1-7(2)3-9(14(25)20-11(5-21)16(27)28)19-15(26)10(4-12(22)23)18-13(24)8(17)6-29/h7-11,21,29H,3-6,17H2,1-2H3,(H,18,24)(H,19,26)(H,20,25)(H,22,23)(H,27,28). The summed E-state index contributed by atoms with van der Waals surface area (Å²) < 4.78 is 0. The number of rotatable bonds is 13. The second-order valence-corrected chi connectivity index (χ2v) is 7.09. The zero-order chi connectivity index (χ0) is 22.7. The third-order valence-electron chi connectivity index (χ3n) is 3.68. The van der Waals surface area contributed by atoms with Crippen LogP contribution in [0.5, 0.6) is 0 Å². The summed E-state index contributed by atoms with van der Waals surface area (Å²) in [4.78, 5) is 58.8. The number of carboxylic acid groups (broad SMARTS) is 2. The lowest BCUT2D eigenvalue weighted by atomic mass is 10.0. The van der Waals surface area contributed by atoms with Crippen LogP contribution in [0.2, 0.25) is 0 Å². The average Bonchev–Trinajstić information content (AvgIpc) is 2.62. The van der Waals surface area contributed by atoms with E-state index in [-0.39, 0.29) is 18.1 Å². The maximum Gasteiger partial charge on any atom is 0.328 e. The third kappa shape index (κ3) is 10.1. The van der Waals surface area contributed by atoms with Crippen molar-refractivity contribution >= 4 is 42.3 Å². The van der Waals surface area contributed by atoms with Gasteiger partial charge in [0, 0.05) is 5.75 Å². The lowest BCUT2D eigenvalue weighted by Crippen LogP contribution is -2.58. The largest absolute Gasteiger partial charge is 0.481 e. The SMILES string of the molecule is CC(C)CC(NC(=O)C(CC(=O)O)NC(=O)C(N)CS)C(=O)NC(CO)C(=O)O. The molecule has 166 valence electrons. The number of hydrogen-bond donors (Lipinski definition) is 8. The Balaban J connectivity index is 5.39. The van der Waals surface area contributed by atoms with Gasteiger partial charge in [0.2, 0.25) is 17.7 Å². The lowest BCUT2D eigenvalue weighted by molar-refractivity contribution is -0.144. The summed E-state index contributed by atoms with van der Waals surface area (Å²) >= 11 is 3.85. The smallest absolute Gasteiger partial charge is 0.328 e. The van der Waals surface area contributed by atoms with Gasteiger partial charge < -0.3 is 37.0 Å². The van der Waals surface area contributed by atoms with Gasteiger partial charge in [-0.1, -0.05) is 13.8 Å². The van der Waals surface area contributed by atoms with Crippen molar-refractivity contribution < 1.29 is 39.3 Å². The number of aliphatic hydroxyl groups excluding tert-OH is 1. The highest BCUT2D eigenvalue weighted by molar-refractivity contribution is 7.80. The number of amides is 3. The molecule has 0 bridgehead atoms. The molecule has 3 amide bonds. The molecule has 4 atom stereocenters. The molecule has 0 aliphatic rings. The number of nitrogens with two attached hydrogens (primary N) is 1. The zero-order valence-corrected chi connectivity index (χ0v) is 17.0. The number of nitrogens with one attached hydrogen (secondary N) is 3. The fraction of sp³-hybridized carbons (Fsp3) is 0.688. The number of thiol groups is 1. The Labute approximate surface area is 173 Å². The molecule has 0 spiro atoms. The van der Waals surface area contributed by atoms with Gasteiger partial charge in [0.05, 0.1) is 19.1 Å². The summed E-state index contributed by atoms with van der Waals surface area (Å²) in [5, 5.41) is 33.6. The number of hydrogen-bond acceptors (Lipinski definition) is 8. The Bertz CT molecular complexity index is 616. The van der Waals surface area contributed by atoms with Gasteiger partial charge in [-0.05, 0) is 12.3 Å². The van der Waals surface area contributed by atoms with Crippen molar-refractivity contribution in [3.05, 3.63) is 0 Å². The molecule has 29 heavy (non-hydrogen) atoms. The van der Waals surface area contributed by atoms with Crippen molar-refractivity contribution in [2.24, 2.45) is 11.7 Å². The summed E-state index contributed by atoms with van der Waals surface area (Å²) in [5.41, 5.74) is 5.50. The van der Waals surface area contributed by atoms with E-state index in [1.54, 1.807) is 13.8 Å². The van der Waals surface area contributed by atoms with Gasteiger partial charge in [0.1, 0.15) is 18.1 Å². The van der Waals surface area contributed by atoms with Crippen LogP contribution in [0.15, 0.2) is 0 Å².